The fourth-order valence-electron chi connectivity index (χ4n) is 0.167. The first-order valence-corrected chi connectivity index (χ1v) is 1.76. The Kier molecular flexibility index (Phi) is 14.8. The van der Waals surface area contributed by atoms with Crippen LogP contribution in [0.2, 0.25) is 0 Å². The number of hydrogen-bond donors (Lipinski definition) is 0. The first kappa shape index (κ1) is 9.75. The van der Waals surface area contributed by atoms with Gasteiger partial charge in [-0.15, -0.1) is 0 Å². The van der Waals surface area contributed by atoms with Crippen molar-refractivity contribution >= 4 is 0 Å². The molecule has 0 aliphatic heterocycles. The van der Waals surface area contributed by atoms with E-state index in [-0.39, 0.29) is 18.9 Å². The third kappa shape index (κ3) is 8.82. The van der Waals surface area contributed by atoms with Gasteiger partial charge in [0.15, 0.2) is 0 Å². The molecule has 0 aromatic carbocycles. The van der Waals surface area contributed by atoms with Gasteiger partial charge in [-0.1, -0.05) is 6.92 Å². The van der Waals surface area contributed by atoms with Crippen molar-refractivity contribution in [3.05, 3.63) is 6.61 Å². The average molecular weight is 80.1 g/mol. The number of hydrogen-bond acceptors (Lipinski definition) is 1. The summed E-state index contributed by atoms with van der Waals surface area (Å²) < 4.78 is 4.57. The van der Waals surface area contributed by atoms with Crippen molar-refractivity contribution in [2.75, 3.05) is 7.11 Å². The van der Waals surface area contributed by atoms with Crippen LogP contribution in [-0.2, 0) is 4.74 Å². The Bertz CT molecular complexity index is 15.0. The van der Waals surface area contributed by atoms with Crippen LogP contribution in [0.1, 0.15) is 13.3 Å². The molecule has 0 aromatic rings. The van der Waals surface area contributed by atoms with E-state index < -0.39 is 0 Å². The number of ether oxygens (including phenoxy) is 1. The topological polar surface area (TPSA) is 9.23 Å². The molecule has 2 heteroatoms. The molecule has 0 amide bonds. The van der Waals surface area contributed by atoms with Crippen LogP contribution < -0.4 is 18.9 Å². The van der Waals surface area contributed by atoms with Crippen LogP contribution in [0.25, 0.3) is 0 Å². The Morgan fingerprint density at radius 2 is 2.17 bits per heavy atom. The summed E-state index contributed by atoms with van der Waals surface area (Å²) >= 11 is 0. The van der Waals surface area contributed by atoms with Crippen LogP contribution in [0, 0.1) is 6.61 Å². The standard InChI is InChI=1S/C4H9O.Li/c1-3-4-5-2;/h4H,3H2,1-2H3;/q-1;+1. The van der Waals surface area contributed by atoms with Gasteiger partial charge in [0.05, 0.1) is 0 Å². The molecule has 1 nitrogen and oxygen atoms in total. The van der Waals surface area contributed by atoms with E-state index in [1.54, 1.807) is 13.7 Å². The van der Waals surface area contributed by atoms with E-state index in [2.05, 4.69) is 4.74 Å². The van der Waals surface area contributed by atoms with Gasteiger partial charge in [-0.05, 0) is 7.11 Å². The second kappa shape index (κ2) is 9.12. The fraction of sp³-hybridized carbons (Fsp3) is 0.750. The van der Waals surface area contributed by atoms with Crippen LogP contribution in [0.5, 0.6) is 0 Å². The summed E-state index contributed by atoms with van der Waals surface area (Å²) in [5, 5.41) is 0. The predicted molar refractivity (Wildman–Crippen MR) is 21.6 cm³/mol. The molecule has 0 bridgehead atoms. The molecule has 0 aliphatic carbocycles. The van der Waals surface area contributed by atoms with Gasteiger partial charge < -0.3 is 4.74 Å². The fourth-order valence-corrected chi connectivity index (χ4v) is 0.167. The first-order chi connectivity index (χ1) is 2.41. The molecule has 0 aliphatic rings. The van der Waals surface area contributed by atoms with Crippen molar-refractivity contribution in [2.24, 2.45) is 0 Å². The zero-order valence-corrected chi connectivity index (χ0v) is 4.69. The summed E-state index contributed by atoms with van der Waals surface area (Å²) in [5.41, 5.74) is 0. The Balaban J connectivity index is 0. The zero-order chi connectivity index (χ0) is 4.12. The predicted octanol–water partition coefficient (Wildman–Crippen LogP) is -1.79. The molecule has 0 atom stereocenters. The molecule has 0 fully saturated rings. The van der Waals surface area contributed by atoms with Crippen LogP contribution >= 0.6 is 0 Å². The minimum Gasteiger partial charge on any atom is -0.554 e. The van der Waals surface area contributed by atoms with E-state index in [1.807, 2.05) is 6.92 Å². The van der Waals surface area contributed by atoms with E-state index in [4.69, 9.17) is 0 Å². The van der Waals surface area contributed by atoms with Crippen molar-refractivity contribution in [3.63, 3.8) is 0 Å². The summed E-state index contributed by atoms with van der Waals surface area (Å²) in [4.78, 5) is 0. The Labute approximate surface area is 51.2 Å². The molecule has 0 aromatic heterocycles. The normalized spacial score (nSPS) is 7.00. The summed E-state index contributed by atoms with van der Waals surface area (Å²) in [7, 11) is 1.66. The Hall–Kier alpha value is 0.557. The van der Waals surface area contributed by atoms with Gasteiger partial charge in [-0.2, -0.15) is 6.42 Å². The SMILES string of the molecule is CC[CH-]OC.[Li+]. The van der Waals surface area contributed by atoms with Crippen molar-refractivity contribution in [3.8, 4) is 0 Å². The molecular weight excluding hydrogens is 71.0 g/mol. The molecule has 32 valence electrons. The van der Waals surface area contributed by atoms with Gasteiger partial charge in [0.1, 0.15) is 0 Å². The smallest absolute Gasteiger partial charge is 0.554 e. The summed E-state index contributed by atoms with van der Waals surface area (Å²) in [6.45, 7) is 3.78. The molecule has 0 rings (SSSR count). The summed E-state index contributed by atoms with van der Waals surface area (Å²) in [6.07, 6.45) is 0.997. The van der Waals surface area contributed by atoms with E-state index in [0.717, 1.165) is 6.42 Å². The van der Waals surface area contributed by atoms with Gasteiger partial charge in [-0.3, -0.25) is 0 Å². The summed E-state index contributed by atoms with van der Waals surface area (Å²) in [6, 6.07) is 0. The van der Waals surface area contributed by atoms with Gasteiger partial charge in [0.2, 0.25) is 0 Å². The second-order valence-electron chi connectivity index (χ2n) is 0.811. The summed E-state index contributed by atoms with van der Waals surface area (Å²) in [5.74, 6) is 0. The van der Waals surface area contributed by atoms with Crippen molar-refractivity contribution in [1.82, 2.24) is 0 Å². The molecule has 0 N–H and O–H groups in total. The molecular formula is C4H9LiO. The van der Waals surface area contributed by atoms with E-state index in [1.165, 1.54) is 0 Å². The minimum absolute atomic E-state index is 0. The Morgan fingerprint density at radius 1 is 1.67 bits per heavy atom. The van der Waals surface area contributed by atoms with Crippen LogP contribution in [0.4, 0.5) is 0 Å². The second-order valence-corrected chi connectivity index (χ2v) is 0.811. The van der Waals surface area contributed by atoms with Gasteiger partial charge in [0.25, 0.3) is 0 Å². The minimum atomic E-state index is 0. The maximum absolute atomic E-state index is 4.57. The van der Waals surface area contributed by atoms with E-state index in [0.29, 0.717) is 0 Å². The quantitative estimate of drug-likeness (QED) is 0.281. The maximum Gasteiger partial charge on any atom is 1.00 e. The van der Waals surface area contributed by atoms with Crippen molar-refractivity contribution < 1.29 is 23.6 Å². The van der Waals surface area contributed by atoms with Gasteiger partial charge in [-0.25, -0.2) is 6.61 Å². The first-order valence-electron chi connectivity index (χ1n) is 1.76. The van der Waals surface area contributed by atoms with Crippen LogP contribution in [-0.4, -0.2) is 7.11 Å². The van der Waals surface area contributed by atoms with Gasteiger partial charge in [0, 0.05) is 0 Å². The van der Waals surface area contributed by atoms with E-state index in [9.17, 15) is 0 Å². The molecule has 0 unspecified atom stereocenters. The van der Waals surface area contributed by atoms with Crippen LogP contribution in [0.15, 0.2) is 0 Å². The molecule has 6 heavy (non-hydrogen) atoms. The third-order valence-corrected chi connectivity index (χ3v) is 0.333. The van der Waals surface area contributed by atoms with E-state index >= 15 is 0 Å². The molecule has 0 heterocycles. The van der Waals surface area contributed by atoms with Crippen molar-refractivity contribution in [2.45, 2.75) is 13.3 Å². The largest absolute Gasteiger partial charge is 1.00 e. The monoisotopic (exact) mass is 80.1 g/mol. The Morgan fingerprint density at radius 3 is 2.17 bits per heavy atom. The average Bonchev–Trinajstić information content (AvgIpc) is 1.41. The maximum atomic E-state index is 4.57. The number of rotatable bonds is 2. The molecule has 0 spiro atoms. The molecule has 0 saturated carbocycles. The van der Waals surface area contributed by atoms with Crippen molar-refractivity contribution in [1.29, 1.82) is 0 Å². The van der Waals surface area contributed by atoms with Gasteiger partial charge >= 0.3 is 18.9 Å². The zero-order valence-electron chi connectivity index (χ0n) is 4.69. The number of methoxy groups -OCH3 is 1. The third-order valence-electron chi connectivity index (χ3n) is 0.333. The molecule has 0 radical (unpaired) electrons. The molecule has 0 saturated heterocycles. The van der Waals surface area contributed by atoms with Crippen LogP contribution in [0.3, 0.4) is 0 Å².